The Morgan fingerprint density at radius 3 is 2.87 bits per heavy atom. The van der Waals surface area contributed by atoms with E-state index in [0.717, 1.165) is 22.0 Å². The summed E-state index contributed by atoms with van der Waals surface area (Å²) >= 11 is 0. The van der Waals surface area contributed by atoms with Crippen molar-refractivity contribution >= 4 is 16.9 Å². The molecule has 0 aliphatic carbocycles. The number of esters is 1. The number of methoxy groups -OCH3 is 1. The minimum absolute atomic E-state index is 0.120. The number of hydrogen-bond acceptors (Lipinski definition) is 6. The fraction of sp³-hybridized carbons (Fsp3) is 0.348. The number of cyclic esters (lactones) is 1. The molecule has 2 aliphatic rings. The molecule has 0 radical (unpaired) electrons. The lowest BCUT2D eigenvalue weighted by atomic mass is 9.86. The first-order chi connectivity index (χ1) is 14.4. The summed E-state index contributed by atoms with van der Waals surface area (Å²) in [5.74, 6) is -0.720. The van der Waals surface area contributed by atoms with E-state index in [2.05, 4.69) is 0 Å². The Labute approximate surface area is 172 Å². The van der Waals surface area contributed by atoms with Crippen molar-refractivity contribution in [1.29, 1.82) is 0 Å². The Morgan fingerprint density at radius 2 is 2.13 bits per heavy atom. The third kappa shape index (κ3) is 2.42. The maximum atomic E-state index is 13.2. The van der Waals surface area contributed by atoms with E-state index in [0.29, 0.717) is 29.1 Å². The fourth-order valence-electron chi connectivity index (χ4n) is 4.49. The minimum Gasteiger partial charge on any atom is -0.458 e. The molecule has 154 valence electrons. The quantitative estimate of drug-likeness (QED) is 0.526. The lowest BCUT2D eigenvalue weighted by Crippen LogP contribution is -2.44. The number of carbonyl (C=O) groups is 1. The van der Waals surface area contributed by atoms with Gasteiger partial charge in [-0.3, -0.25) is 4.79 Å². The van der Waals surface area contributed by atoms with Gasteiger partial charge < -0.3 is 19.1 Å². The zero-order chi connectivity index (χ0) is 21.2. The van der Waals surface area contributed by atoms with Gasteiger partial charge in [0.25, 0.3) is 5.56 Å². The average Bonchev–Trinajstić information content (AvgIpc) is 3.12. The molecule has 4 heterocycles. The maximum Gasteiger partial charge on any atom is 0.343 e. The van der Waals surface area contributed by atoms with Crippen LogP contribution in [0.3, 0.4) is 0 Å². The van der Waals surface area contributed by atoms with Gasteiger partial charge in [0, 0.05) is 29.2 Å². The molecule has 1 unspecified atom stereocenters. The van der Waals surface area contributed by atoms with E-state index in [1.165, 1.54) is 0 Å². The third-order valence-electron chi connectivity index (χ3n) is 6.36. The van der Waals surface area contributed by atoms with Crippen molar-refractivity contribution in [2.75, 3.05) is 7.11 Å². The van der Waals surface area contributed by atoms with Crippen LogP contribution in [0.4, 0.5) is 0 Å². The van der Waals surface area contributed by atoms with Crippen molar-refractivity contribution in [3.63, 3.8) is 0 Å². The number of ether oxygens (including phenoxy) is 2. The minimum atomic E-state index is -1.82. The predicted molar refractivity (Wildman–Crippen MR) is 110 cm³/mol. The summed E-state index contributed by atoms with van der Waals surface area (Å²) < 4.78 is 12.3. The number of nitrogens with zero attached hydrogens (tertiary/aromatic N) is 2. The van der Waals surface area contributed by atoms with E-state index in [9.17, 15) is 14.7 Å². The van der Waals surface area contributed by atoms with Crippen LogP contribution in [0.5, 0.6) is 0 Å². The van der Waals surface area contributed by atoms with Gasteiger partial charge in [-0.05, 0) is 25.5 Å². The van der Waals surface area contributed by atoms with Crippen LogP contribution in [-0.4, -0.2) is 27.7 Å². The van der Waals surface area contributed by atoms with E-state index in [1.54, 1.807) is 24.7 Å². The average molecular weight is 406 g/mol. The van der Waals surface area contributed by atoms with Gasteiger partial charge in [0.05, 0.1) is 35.1 Å². The van der Waals surface area contributed by atoms with E-state index < -0.39 is 11.6 Å². The molecule has 2 aliphatic heterocycles. The first-order valence-electron chi connectivity index (χ1n) is 10.0. The third-order valence-corrected chi connectivity index (χ3v) is 6.36. The number of rotatable bonds is 3. The largest absolute Gasteiger partial charge is 0.458 e. The molecule has 0 saturated carbocycles. The van der Waals surface area contributed by atoms with E-state index in [-0.39, 0.29) is 24.7 Å². The Balaban J connectivity index is 1.78. The second kappa shape index (κ2) is 6.48. The molecular formula is C23H22N2O5. The van der Waals surface area contributed by atoms with E-state index in [1.807, 2.05) is 31.2 Å². The number of pyridine rings is 2. The number of hydrogen-bond donors (Lipinski definition) is 1. The molecule has 0 bridgehead atoms. The van der Waals surface area contributed by atoms with Crippen LogP contribution in [0, 0.1) is 0 Å². The van der Waals surface area contributed by atoms with Gasteiger partial charge in [-0.1, -0.05) is 25.1 Å². The van der Waals surface area contributed by atoms with Gasteiger partial charge in [0.1, 0.15) is 6.61 Å². The number of aliphatic hydroxyl groups is 1. The lowest BCUT2D eigenvalue weighted by molar-refractivity contribution is -0.172. The smallest absolute Gasteiger partial charge is 0.343 e. The SMILES string of the molecule is CC[C@@]1(O)C(=O)OCc2c1cc1n(c2=O)Cc2cc3cccc(C(C)OC)c3nc2-1. The van der Waals surface area contributed by atoms with Crippen LogP contribution in [0.1, 0.15) is 48.6 Å². The van der Waals surface area contributed by atoms with Crippen molar-refractivity contribution < 1.29 is 19.4 Å². The Morgan fingerprint density at radius 1 is 1.33 bits per heavy atom. The summed E-state index contributed by atoms with van der Waals surface area (Å²) in [4.78, 5) is 30.4. The summed E-state index contributed by atoms with van der Waals surface area (Å²) in [6.07, 6.45) is -0.0128. The van der Waals surface area contributed by atoms with Crippen molar-refractivity contribution in [3.05, 3.63) is 62.9 Å². The van der Waals surface area contributed by atoms with Crippen LogP contribution in [0.25, 0.3) is 22.3 Å². The Bertz CT molecular complexity index is 1280. The second-order valence-electron chi connectivity index (χ2n) is 7.90. The highest BCUT2D eigenvalue weighted by Gasteiger charge is 2.45. The molecule has 0 amide bonds. The lowest BCUT2D eigenvalue weighted by Gasteiger charge is -2.31. The molecule has 0 fully saturated rings. The molecule has 5 rings (SSSR count). The summed E-state index contributed by atoms with van der Waals surface area (Å²) in [6, 6.07) is 9.72. The van der Waals surface area contributed by atoms with Crippen molar-refractivity contribution in [1.82, 2.24) is 9.55 Å². The Hall–Kier alpha value is -3.03. The molecule has 7 heteroatoms. The fourth-order valence-corrected chi connectivity index (χ4v) is 4.49. The highest BCUT2D eigenvalue weighted by atomic mass is 16.6. The molecule has 2 atom stereocenters. The van der Waals surface area contributed by atoms with Crippen molar-refractivity contribution in [2.45, 2.75) is 45.1 Å². The highest BCUT2D eigenvalue weighted by Crippen LogP contribution is 2.39. The molecule has 1 aromatic carbocycles. The van der Waals surface area contributed by atoms with Crippen LogP contribution >= 0.6 is 0 Å². The first kappa shape index (κ1) is 19.0. The molecule has 0 spiro atoms. The molecule has 3 aromatic rings. The zero-order valence-corrected chi connectivity index (χ0v) is 17.1. The van der Waals surface area contributed by atoms with Crippen LogP contribution < -0.4 is 5.56 Å². The van der Waals surface area contributed by atoms with Crippen LogP contribution in [0.2, 0.25) is 0 Å². The molecule has 1 N–H and O–H groups in total. The standard InChI is InChI=1S/C23H22N2O5/c1-4-23(28)17-9-18-20-14(10-25(18)21(26)16(17)11-30-22(23)27)8-13-6-5-7-15(12(2)29-3)19(13)24-20/h5-9,12,28H,4,10-11H2,1-3H3/t12?,23-/m0/s1. The van der Waals surface area contributed by atoms with Gasteiger partial charge in [-0.15, -0.1) is 0 Å². The zero-order valence-electron chi connectivity index (χ0n) is 17.1. The molecular weight excluding hydrogens is 384 g/mol. The van der Waals surface area contributed by atoms with Gasteiger partial charge in [-0.25, -0.2) is 9.78 Å². The number of para-hydroxylation sites is 1. The summed E-state index contributed by atoms with van der Waals surface area (Å²) in [5, 5.41) is 11.9. The van der Waals surface area contributed by atoms with Crippen molar-refractivity contribution in [2.24, 2.45) is 0 Å². The van der Waals surface area contributed by atoms with Gasteiger partial charge >= 0.3 is 5.97 Å². The number of fused-ring (bicyclic) bond motifs is 5. The van der Waals surface area contributed by atoms with Crippen LogP contribution in [-0.2, 0) is 33.0 Å². The molecule has 30 heavy (non-hydrogen) atoms. The summed E-state index contributed by atoms with van der Waals surface area (Å²) in [6.45, 7) is 3.92. The van der Waals surface area contributed by atoms with Crippen LogP contribution in [0.15, 0.2) is 35.1 Å². The number of carbonyl (C=O) groups excluding carboxylic acids is 1. The van der Waals surface area contributed by atoms with Gasteiger partial charge in [0.2, 0.25) is 0 Å². The maximum absolute atomic E-state index is 13.2. The Kier molecular flexibility index (Phi) is 4.10. The topological polar surface area (TPSA) is 90.7 Å². The number of benzene rings is 1. The van der Waals surface area contributed by atoms with Crippen molar-refractivity contribution in [3.8, 4) is 11.4 Å². The van der Waals surface area contributed by atoms with Gasteiger partial charge in [-0.2, -0.15) is 0 Å². The first-order valence-corrected chi connectivity index (χ1v) is 10.0. The number of aromatic nitrogens is 2. The predicted octanol–water partition coefficient (Wildman–Crippen LogP) is 2.79. The van der Waals surface area contributed by atoms with Gasteiger partial charge in [0.15, 0.2) is 5.60 Å². The molecule has 0 saturated heterocycles. The summed E-state index contributed by atoms with van der Waals surface area (Å²) in [7, 11) is 1.66. The van der Waals surface area contributed by atoms with E-state index in [4.69, 9.17) is 14.5 Å². The normalized spacial score (nSPS) is 20.5. The second-order valence-corrected chi connectivity index (χ2v) is 7.90. The van der Waals surface area contributed by atoms with E-state index >= 15 is 0 Å². The monoisotopic (exact) mass is 406 g/mol. The summed E-state index contributed by atoms with van der Waals surface area (Å²) in [5.41, 5.74) is 2.58. The molecule has 7 nitrogen and oxygen atoms in total. The highest BCUT2D eigenvalue weighted by molar-refractivity contribution is 5.88. The molecule has 2 aromatic heterocycles.